The third-order valence-corrected chi connectivity index (χ3v) is 11.3. The maximum absolute atomic E-state index is 2.65. The van der Waals surface area contributed by atoms with Crippen molar-refractivity contribution in [3.63, 3.8) is 0 Å². The highest BCUT2D eigenvalue weighted by Gasteiger charge is 2.16. The molecule has 0 saturated carbocycles. The molecular formula is C47H93N2+. The molecule has 290 valence electrons. The lowest BCUT2D eigenvalue weighted by molar-refractivity contribution is -0.704. The van der Waals surface area contributed by atoms with Crippen LogP contribution in [0.2, 0.25) is 0 Å². The van der Waals surface area contributed by atoms with Crippen molar-refractivity contribution in [3.05, 3.63) is 18.2 Å². The highest BCUT2D eigenvalue weighted by molar-refractivity contribution is 4.84. The lowest BCUT2D eigenvalue weighted by atomic mass is 10.0. The maximum atomic E-state index is 2.65. The predicted octanol–water partition coefficient (Wildman–Crippen LogP) is 16.2. The Morgan fingerprint density at radius 1 is 0.347 bits per heavy atom. The molecule has 0 amide bonds. The molecule has 1 heterocycles. The van der Waals surface area contributed by atoms with Crippen molar-refractivity contribution in [2.45, 2.75) is 284 Å². The number of rotatable bonds is 41. The quantitative estimate of drug-likeness (QED) is 0.0479. The minimum Gasteiger partial charge on any atom is -0.234 e. The Balaban J connectivity index is 2.24. The minimum absolute atomic E-state index is 1.23. The molecule has 2 nitrogen and oxygen atoms in total. The topological polar surface area (TPSA) is 8.81 Å². The van der Waals surface area contributed by atoms with E-state index in [2.05, 4.69) is 42.3 Å². The Morgan fingerprint density at radius 2 is 0.633 bits per heavy atom. The van der Waals surface area contributed by atoms with Crippen LogP contribution in [0.1, 0.15) is 271 Å². The average Bonchev–Trinajstić information content (AvgIpc) is 3.50. The molecule has 0 spiro atoms. The second-order valence-corrected chi connectivity index (χ2v) is 16.2. The number of aromatic nitrogens is 2. The lowest BCUT2D eigenvalue weighted by Gasteiger charge is -2.07. The van der Waals surface area contributed by atoms with Crippen LogP contribution in [-0.2, 0) is 19.5 Å². The molecule has 0 aliphatic carbocycles. The molecule has 0 unspecified atom stereocenters. The zero-order valence-electron chi connectivity index (χ0n) is 34.5. The molecule has 0 radical (unpaired) electrons. The molecule has 0 saturated heterocycles. The van der Waals surface area contributed by atoms with E-state index in [-0.39, 0.29) is 0 Å². The first kappa shape index (κ1) is 46.2. The van der Waals surface area contributed by atoms with Gasteiger partial charge in [-0.2, -0.15) is 0 Å². The van der Waals surface area contributed by atoms with Crippen LogP contribution in [0.4, 0.5) is 0 Å². The van der Waals surface area contributed by atoms with Gasteiger partial charge >= 0.3 is 0 Å². The first-order valence-electron chi connectivity index (χ1n) is 23.4. The number of hydrogen-bond acceptors (Lipinski definition) is 0. The van der Waals surface area contributed by atoms with Crippen LogP contribution >= 0.6 is 0 Å². The van der Waals surface area contributed by atoms with Crippen LogP contribution in [0.3, 0.4) is 0 Å². The third kappa shape index (κ3) is 30.5. The van der Waals surface area contributed by atoms with Gasteiger partial charge in [-0.05, 0) is 32.1 Å². The maximum Gasteiger partial charge on any atom is 0.256 e. The molecule has 1 rings (SSSR count). The summed E-state index contributed by atoms with van der Waals surface area (Å²) in [6, 6.07) is 0. The smallest absolute Gasteiger partial charge is 0.234 e. The van der Waals surface area contributed by atoms with E-state index in [1.807, 2.05) is 0 Å². The number of unbranched alkanes of at least 4 members (excludes halogenated alkanes) is 35. The Hall–Kier alpha value is -0.790. The second-order valence-electron chi connectivity index (χ2n) is 16.2. The van der Waals surface area contributed by atoms with Crippen LogP contribution in [-0.4, -0.2) is 4.57 Å². The van der Waals surface area contributed by atoms with E-state index in [0.29, 0.717) is 0 Å². The monoisotopic (exact) mass is 686 g/mol. The van der Waals surface area contributed by atoms with E-state index in [0.717, 1.165) is 0 Å². The summed E-state index contributed by atoms with van der Waals surface area (Å²) in [6.45, 7) is 9.41. The molecular weight excluding hydrogens is 593 g/mol. The van der Waals surface area contributed by atoms with Gasteiger partial charge in [0.15, 0.2) is 0 Å². The zero-order chi connectivity index (χ0) is 35.1. The average molecular weight is 686 g/mol. The summed E-state index contributed by atoms with van der Waals surface area (Å²) in [4.78, 5) is 0. The van der Waals surface area contributed by atoms with E-state index in [4.69, 9.17) is 0 Å². The molecule has 0 bridgehead atoms. The first-order chi connectivity index (χ1) is 24.3. The molecule has 1 aromatic rings. The second kappa shape index (κ2) is 38.4. The molecule has 0 fully saturated rings. The van der Waals surface area contributed by atoms with Crippen LogP contribution < -0.4 is 4.57 Å². The minimum atomic E-state index is 1.23. The summed E-state index contributed by atoms with van der Waals surface area (Å²) in [5.74, 6) is 1.63. The van der Waals surface area contributed by atoms with Crippen molar-refractivity contribution in [1.82, 2.24) is 4.57 Å². The Labute approximate surface area is 310 Å². The molecule has 0 aliphatic rings. The van der Waals surface area contributed by atoms with Crippen LogP contribution in [0, 0.1) is 0 Å². The molecule has 0 aliphatic heterocycles. The normalized spacial score (nSPS) is 11.7. The SMILES string of the molecule is CCCCCCCCCCCCCCCCCn1cc[n+](CCCCCCCCCCCCCCCC)c1CCCCCCCCCCC. The van der Waals surface area contributed by atoms with Gasteiger partial charge in [-0.25, -0.2) is 9.13 Å². The van der Waals surface area contributed by atoms with Gasteiger partial charge in [-0.15, -0.1) is 0 Å². The van der Waals surface area contributed by atoms with Gasteiger partial charge in [-0.3, -0.25) is 0 Å². The molecule has 0 aromatic carbocycles. The van der Waals surface area contributed by atoms with Gasteiger partial charge in [0.2, 0.25) is 0 Å². The first-order valence-corrected chi connectivity index (χ1v) is 23.4. The van der Waals surface area contributed by atoms with Crippen molar-refractivity contribution in [1.29, 1.82) is 0 Å². The number of imidazole rings is 1. The standard InChI is InChI=1S/C47H93N2/c1-4-7-10-13-16-19-21-23-25-27-29-32-35-38-41-44-49-46-45-48(47(49)42-39-36-33-30-18-15-12-9-6-3)43-40-37-34-31-28-26-24-22-20-17-14-11-8-5-2/h45-46H,4-44H2,1-3H3/q+1. The molecule has 1 aromatic heterocycles. The Morgan fingerprint density at radius 3 is 0.980 bits per heavy atom. The molecule has 0 N–H and O–H groups in total. The summed E-state index contributed by atoms with van der Waals surface area (Å²) in [7, 11) is 0. The molecule has 2 heteroatoms. The number of hydrogen-bond donors (Lipinski definition) is 0. The van der Waals surface area contributed by atoms with Gasteiger partial charge in [0.25, 0.3) is 5.82 Å². The third-order valence-electron chi connectivity index (χ3n) is 11.3. The predicted molar refractivity (Wildman–Crippen MR) is 221 cm³/mol. The fourth-order valence-electron chi connectivity index (χ4n) is 7.92. The van der Waals surface area contributed by atoms with Crippen LogP contribution in [0.15, 0.2) is 12.4 Å². The van der Waals surface area contributed by atoms with E-state index >= 15 is 0 Å². The van der Waals surface area contributed by atoms with Crippen LogP contribution in [0.5, 0.6) is 0 Å². The van der Waals surface area contributed by atoms with Gasteiger partial charge < -0.3 is 0 Å². The Kier molecular flexibility index (Phi) is 36.3. The number of nitrogens with zero attached hydrogens (tertiary/aromatic N) is 2. The van der Waals surface area contributed by atoms with Crippen molar-refractivity contribution >= 4 is 0 Å². The largest absolute Gasteiger partial charge is 0.256 e. The van der Waals surface area contributed by atoms with Crippen molar-refractivity contribution < 1.29 is 4.57 Å². The van der Waals surface area contributed by atoms with Crippen molar-refractivity contribution in [3.8, 4) is 0 Å². The van der Waals surface area contributed by atoms with E-state index in [1.54, 1.807) is 5.82 Å². The highest BCUT2D eigenvalue weighted by Crippen LogP contribution is 2.16. The van der Waals surface area contributed by atoms with Gasteiger partial charge in [0.1, 0.15) is 12.4 Å². The summed E-state index contributed by atoms with van der Waals surface area (Å²) in [5.41, 5.74) is 0. The van der Waals surface area contributed by atoms with Gasteiger partial charge in [0, 0.05) is 6.42 Å². The van der Waals surface area contributed by atoms with Gasteiger partial charge in [0.05, 0.1) is 13.1 Å². The van der Waals surface area contributed by atoms with Crippen molar-refractivity contribution in [2.24, 2.45) is 0 Å². The fraction of sp³-hybridized carbons (Fsp3) is 0.936. The summed E-state index contributed by atoms with van der Waals surface area (Å²) < 4.78 is 5.30. The Bertz CT molecular complexity index is 751. The summed E-state index contributed by atoms with van der Waals surface area (Å²) in [5, 5.41) is 0. The van der Waals surface area contributed by atoms with E-state index < -0.39 is 0 Å². The summed E-state index contributed by atoms with van der Waals surface area (Å²) in [6.07, 6.45) is 60.8. The summed E-state index contributed by atoms with van der Waals surface area (Å²) >= 11 is 0. The fourth-order valence-corrected chi connectivity index (χ4v) is 7.92. The van der Waals surface area contributed by atoms with E-state index in [9.17, 15) is 0 Å². The van der Waals surface area contributed by atoms with E-state index in [1.165, 1.54) is 264 Å². The van der Waals surface area contributed by atoms with Crippen molar-refractivity contribution in [2.75, 3.05) is 0 Å². The van der Waals surface area contributed by atoms with Gasteiger partial charge in [-0.1, -0.05) is 233 Å². The number of aryl methyl sites for hydroxylation is 2. The molecule has 0 atom stereocenters. The highest BCUT2D eigenvalue weighted by atomic mass is 15.1. The molecule has 49 heavy (non-hydrogen) atoms. The zero-order valence-corrected chi connectivity index (χ0v) is 34.5. The van der Waals surface area contributed by atoms with Crippen LogP contribution in [0.25, 0.3) is 0 Å². The lowest BCUT2D eigenvalue weighted by Crippen LogP contribution is -2.37.